The SMILES string of the molecule is Cc1cc2ncnc(N(C)c3ccc(Oc4ccccc4)cc3)c2cc1C.Cc1cc2ncnc(Nc3ccc(Oc4ccccc4)c(C)c3C)c2cc1C.Cc1cc2ncnc(Nc3ccc(Oc4ccccc4)c(Cl)c3)c2cc1C.Cc1cc2ncnc(Nc3ccc(Oc4ccccc4)c(F)c3)c2cc1C.Cc1cc2ncnc(Nc3ccc(Oc4ccccc4)cc3Cl)c2cc1C. The van der Waals surface area contributed by atoms with Gasteiger partial charge in [-0.3, -0.25) is 0 Å². The molecule has 0 radical (unpaired) electrons. The first-order valence-electron chi connectivity index (χ1n) is 44.1. The maximum atomic E-state index is 14.5. The minimum absolute atomic E-state index is 0.172. The predicted octanol–water partition coefficient (Wildman–Crippen LogP) is 31.0. The second-order valence-electron chi connectivity index (χ2n) is 32.8. The van der Waals surface area contributed by atoms with Crippen LogP contribution in [-0.2, 0) is 0 Å². The molecular formula is C113H98Cl2FN15O5. The maximum absolute atomic E-state index is 14.5. The average Bonchev–Trinajstić information content (AvgIpc) is 0.788. The third-order valence-corrected chi connectivity index (χ3v) is 23.8. The summed E-state index contributed by atoms with van der Waals surface area (Å²) in [5, 5.41) is 19.3. The van der Waals surface area contributed by atoms with Gasteiger partial charge in [0.1, 0.15) is 112 Å². The van der Waals surface area contributed by atoms with Gasteiger partial charge in [0.2, 0.25) is 0 Å². The highest BCUT2D eigenvalue weighted by Crippen LogP contribution is 2.41. The van der Waals surface area contributed by atoms with Gasteiger partial charge in [-0.2, -0.15) is 0 Å². The lowest BCUT2D eigenvalue weighted by Gasteiger charge is -2.20. The number of aryl methyl sites for hydroxylation is 10. The number of benzene rings is 15. The molecule has 4 N–H and O–H groups in total. The molecule has 0 atom stereocenters. The number of aromatic nitrogens is 10. The van der Waals surface area contributed by atoms with Crippen molar-refractivity contribution in [3.8, 4) is 57.5 Å². The van der Waals surface area contributed by atoms with Gasteiger partial charge in [-0.1, -0.05) is 114 Å². The zero-order valence-electron chi connectivity index (χ0n) is 77.3. The van der Waals surface area contributed by atoms with Crippen molar-refractivity contribution in [3.63, 3.8) is 0 Å². The monoisotopic (exact) mass is 1830 g/mol. The molecular weight excluding hydrogens is 1740 g/mol. The van der Waals surface area contributed by atoms with Crippen molar-refractivity contribution in [1.29, 1.82) is 0 Å². The van der Waals surface area contributed by atoms with Gasteiger partial charge in [0.25, 0.3) is 0 Å². The fourth-order valence-corrected chi connectivity index (χ4v) is 15.2. The number of nitrogens with one attached hydrogen (secondary N) is 4. The third kappa shape index (κ3) is 23.0. The lowest BCUT2D eigenvalue weighted by Crippen LogP contribution is -2.12. The predicted molar refractivity (Wildman–Crippen MR) is 550 cm³/mol. The molecule has 0 aliphatic rings. The Balaban J connectivity index is 0.000000123. The Bertz CT molecular complexity index is 7500. The highest BCUT2D eigenvalue weighted by Gasteiger charge is 2.19. The first-order chi connectivity index (χ1) is 65.9. The van der Waals surface area contributed by atoms with Crippen LogP contribution in [0, 0.1) is 88.9 Å². The van der Waals surface area contributed by atoms with E-state index in [1.165, 1.54) is 62.5 Å². The van der Waals surface area contributed by atoms with Crippen LogP contribution in [0.5, 0.6) is 57.5 Å². The van der Waals surface area contributed by atoms with Gasteiger partial charge < -0.3 is 49.9 Å². The van der Waals surface area contributed by atoms with Crippen LogP contribution in [0.3, 0.4) is 0 Å². The van der Waals surface area contributed by atoms with Crippen molar-refractivity contribution >= 4 is 135 Å². The molecule has 15 aromatic carbocycles. The Morgan fingerprint density at radius 3 is 0.963 bits per heavy atom. The fraction of sp³-hybridized carbons (Fsp3) is 0.115. The minimum atomic E-state index is -0.450. The average molecular weight is 1840 g/mol. The van der Waals surface area contributed by atoms with Crippen molar-refractivity contribution in [2.45, 2.75) is 83.1 Å². The van der Waals surface area contributed by atoms with Crippen LogP contribution in [0.15, 0.2) is 335 Å². The minimum Gasteiger partial charge on any atom is -0.457 e. The van der Waals surface area contributed by atoms with Gasteiger partial charge in [0, 0.05) is 68.9 Å². The van der Waals surface area contributed by atoms with E-state index in [1.54, 1.807) is 55.6 Å². The summed E-state index contributed by atoms with van der Waals surface area (Å²) < 4.78 is 43.6. The number of rotatable bonds is 20. The van der Waals surface area contributed by atoms with Crippen LogP contribution < -0.4 is 49.9 Å². The number of anilines is 10. The summed E-state index contributed by atoms with van der Waals surface area (Å²) in [6.45, 7) is 25.0. The van der Waals surface area contributed by atoms with Crippen LogP contribution in [0.1, 0.15) is 66.8 Å². The topological polar surface area (TPSA) is 226 Å². The van der Waals surface area contributed by atoms with E-state index in [1.807, 2.05) is 239 Å². The van der Waals surface area contributed by atoms with Gasteiger partial charge in [0.05, 0.1) is 43.3 Å². The quantitative estimate of drug-likeness (QED) is 0.0556. The number of para-hydroxylation sites is 5. The van der Waals surface area contributed by atoms with Crippen LogP contribution in [-0.4, -0.2) is 56.9 Å². The highest BCUT2D eigenvalue weighted by atomic mass is 35.5. The van der Waals surface area contributed by atoms with Gasteiger partial charge in [-0.25, -0.2) is 54.2 Å². The molecule has 20 rings (SSSR count). The molecule has 0 fully saturated rings. The second-order valence-corrected chi connectivity index (χ2v) is 33.6. The van der Waals surface area contributed by atoms with Gasteiger partial charge >= 0.3 is 0 Å². The highest BCUT2D eigenvalue weighted by molar-refractivity contribution is 6.33. The lowest BCUT2D eigenvalue weighted by atomic mass is 10.1. The lowest BCUT2D eigenvalue weighted by molar-refractivity contribution is 0.442. The van der Waals surface area contributed by atoms with Crippen molar-refractivity contribution in [2.75, 3.05) is 33.2 Å². The van der Waals surface area contributed by atoms with E-state index < -0.39 is 5.82 Å². The largest absolute Gasteiger partial charge is 0.457 e. The molecule has 0 saturated heterocycles. The van der Waals surface area contributed by atoms with Crippen molar-refractivity contribution in [3.05, 3.63) is 418 Å². The first-order valence-corrected chi connectivity index (χ1v) is 44.8. The molecule has 20 aromatic rings. The second kappa shape index (κ2) is 42.8. The van der Waals surface area contributed by atoms with Crippen LogP contribution >= 0.6 is 23.2 Å². The molecule has 0 spiro atoms. The summed E-state index contributed by atoms with van der Waals surface area (Å²) in [6, 6.07) is 96.7. The molecule has 136 heavy (non-hydrogen) atoms. The molecule has 676 valence electrons. The molecule has 0 aliphatic heterocycles. The van der Waals surface area contributed by atoms with E-state index >= 15 is 0 Å². The van der Waals surface area contributed by atoms with E-state index in [2.05, 4.69) is 194 Å². The van der Waals surface area contributed by atoms with E-state index in [0.29, 0.717) is 38.8 Å². The fourth-order valence-electron chi connectivity index (χ4n) is 14.7. The van der Waals surface area contributed by atoms with Crippen molar-refractivity contribution in [2.24, 2.45) is 0 Å². The van der Waals surface area contributed by atoms with Crippen LogP contribution in [0.4, 0.5) is 61.9 Å². The summed E-state index contributed by atoms with van der Waals surface area (Å²) in [7, 11) is 2.02. The molecule has 0 amide bonds. The number of halogens is 3. The number of ether oxygens (including phenoxy) is 5. The zero-order chi connectivity index (χ0) is 94.9. The molecule has 0 saturated carbocycles. The summed E-state index contributed by atoms with van der Waals surface area (Å²) in [4.78, 5) is 46.1. The van der Waals surface area contributed by atoms with E-state index in [0.717, 1.165) is 152 Å². The zero-order valence-corrected chi connectivity index (χ0v) is 78.9. The number of fused-ring (bicyclic) bond motifs is 5. The number of nitrogens with zero attached hydrogens (tertiary/aromatic N) is 11. The van der Waals surface area contributed by atoms with Gasteiger partial charge in [0.15, 0.2) is 11.6 Å². The molecule has 5 aromatic heterocycles. The Morgan fingerprint density at radius 1 is 0.250 bits per heavy atom. The summed E-state index contributed by atoms with van der Waals surface area (Å²) >= 11 is 12.9. The van der Waals surface area contributed by atoms with Crippen molar-refractivity contribution < 1.29 is 28.1 Å². The van der Waals surface area contributed by atoms with Gasteiger partial charge in [-0.05, 0) is 350 Å². The molecule has 0 bridgehead atoms. The van der Waals surface area contributed by atoms with Crippen LogP contribution in [0.2, 0.25) is 10.0 Å². The van der Waals surface area contributed by atoms with Gasteiger partial charge in [-0.15, -0.1) is 0 Å². The summed E-state index contributed by atoms with van der Waals surface area (Å²) in [5.74, 6) is 10.2. The standard InChI is InChI=1S/C24H23N3O.C23H21N3O.2C22H18ClN3O.C22H18FN3O/c1-15-12-20-22(13-16(15)2)25-14-26-24(20)27-21-10-11-23(18(4)17(21)3)28-19-8-6-5-7-9-19;1-16-13-21-22(14-17(16)2)24-15-25-23(21)26(3)18-9-11-20(12-10-18)27-19-7-5-4-6-8-19;1-14-10-18-20(11-15(14)2)24-13-25-22(18)26-16-8-9-21(19(23)12-16)27-17-6-4-3-5-7-17;1-14-10-18-21(11-15(14)2)24-13-25-22(18)26-20-9-8-17(12-19(20)23)27-16-6-4-3-5-7-16;1-14-10-18-20(11-15(14)2)24-13-25-22(18)26-16-8-9-21(19(23)12-16)27-17-6-4-3-5-7-17/h5-14H,1-4H3,(H,25,26,27);4-15H,1-3H3;3*3-13H,1-2H3,(H,24,25,26). The normalized spacial score (nSPS) is 10.8. The van der Waals surface area contributed by atoms with E-state index in [4.69, 9.17) is 46.9 Å². The first kappa shape index (κ1) is 92.8. The molecule has 23 heteroatoms. The Kier molecular flexibility index (Phi) is 29.2. The summed E-state index contributed by atoms with van der Waals surface area (Å²) in [5.41, 5.74) is 23.0. The van der Waals surface area contributed by atoms with E-state index in [9.17, 15) is 4.39 Å². The Hall–Kier alpha value is -16.5. The maximum Gasteiger partial charge on any atom is 0.167 e. The van der Waals surface area contributed by atoms with E-state index in [-0.39, 0.29) is 5.75 Å². The Morgan fingerprint density at radius 2 is 0.559 bits per heavy atom. The van der Waals surface area contributed by atoms with Crippen LogP contribution in [0.25, 0.3) is 54.5 Å². The molecule has 20 nitrogen and oxygen atoms in total. The summed E-state index contributed by atoms with van der Waals surface area (Å²) in [6.07, 6.45) is 7.85. The smallest absolute Gasteiger partial charge is 0.167 e. The molecule has 0 aliphatic carbocycles. The van der Waals surface area contributed by atoms with Crippen molar-refractivity contribution in [1.82, 2.24) is 49.8 Å². The third-order valence-electron chi connectivity index (χ3n) is 23.2. The number of hydrogen-bond acceptors (Lipinski definition) is 20. The molecule has 0 unspecified atom stereocenters. The molecule has 5 heterocycles. The number of hydrogen-bond donors (Lipinski definition) is 4. The Labute approximate surface area is 799 Å².